The van der Waals surface area contributed by atoms with Crippen LogP contribution in [0.15, 0.2) is 194 Å². The van der Waals surface area contributed by atoms with Crippen LogP contribution in [0.3, 0.4) is 0 Å². The Morgan fingerprint density at radius 1 is 0.293 bits per heavy atom. The third-order valence-corrected chi connectivity index (χ3v) is 14.5. The van der Waals surface area contributed by atoms with E-state index in [1.807, 2.05) is 22.7 Å². The van der Waals surface area contributed by atoms with Crippen LogP contribution in [0.5, 0.6) is 0 Å². The van der Waals surface area contributed by atoms with Crippen molar-refractivity contribution in [1.29, 1.82) is 0 Å². The van der Waals surface area contributed by atoms with Crippen molar-refractivity contribution in [3.05, 3.63) is 194 Å². The van der Waals surface area contributed by atoms with Gasteiger partial charge in [0.2, 0.25) is 0 Å². The first-order chi connectivity index (χ1) is 28.8. The normalized spacial score (nSPS) is 12.1. The Morgan fingerprint density at radius 2 is 0.845 bits per heavy atom. The van der Waals surface area contributed by atoms with E-state index in [9.17, 15) is 0 Å². The van der Waals surface area contributed by atoms with E-state index < -0.39 is 0 Å². The van der Waals surface area contributed by atoms with Gasteiger partial charge in [-0.05, 0) is 89.0 Å². The Morgan fingerprint density at radius 3 is 1.66 bits per heavy atom. The zero-order chi connectivity index (χ0) is 37.9. The van der Waals surface area contributed by atoms with E-state index in [1.54, 1.807) is 0 Å². The highest BCUT2D eigenvalue weighted by molar-refractivity contribution is 7.27. The largest absolute Gasteiger partial charge is 0.309 e. The summed E-state index contributed by atoms with van der Waals surface area (Å²) in [7, 11) is 0. The molecule has 13 aromatic rings. The van der Waals surface area contributed by atoms with Crippen molar-refractivity contribution in [2.45, 2.75) is 0 Å². The van der Waals surface area contributed by atoms with Crippen LogP contribution in [0.4, 0.5) is 0 Å². The van der Waals surface area contributed by atoms with Gasteiger partial charge in [0.25, 0.3) is 0 Å². The molecule has 0 fully saturated rings. The second-order valence-electron chi connectivity index (χ2n) is 15.3. The number of para-hydroxylation sites is 3. The van der Waals surface area contributed by atoms with Gasteiger partial charge in [-0.3, -0.25) is 0 Å². The van der Waals surface area contributed by atoms with Crippen LogP contribution in [0, 0.1) is 0 Å². The maximum Gasteiger partial charge on any atom is 0.0555 e. The maximum atomic E-state index is 2.46. The van der Waals surface area contributed by atoms with Gasteiger partial charge in [-0.25, -0.2) is 0 Å². The van der Waals surface area contributed by atoms with Gasteiger partial charge < -0.3 is 9.13 Å². The summed E-state index contributed by atoms with van der Waals surface area (Å²) in [5.74, 6) is 0. The lowest BCUT2D eigenvalue weighted by Crippen LogP contribution is -1.94. The van der Waals surface area contributed by atoms with Crippen molar-refractivity contribution in [1.82, 2.24) is 9.13 Å². The molecule has 4 aromatic heterocycles. The van der Waals surface area contributed by atoms with Crippen LogP contribution >= 0.6 is 22.7 Å². The Kier molecular flexibility index (Phi) is 6.79. The van der Waals surface area contributed by atoms with E-state index in [0.717, 1.165) is 5.69 Å². The molecule has 0 aliphatic carbocycles. The Hall–Kier alpha value is -6.98. The molecule has 58 heavy (non-hydrogen) atoms. The van der Waals surface area contributed by atoms with Gasteiger partial charge in [0, 0.05) is 73.3 Å². The molecule has 4 heterocycles. The van der Waals surface area contributed by atoms with Crippen LogP contribution < -0.4 is 0 Å². The average Bonchev–Trinajstić information content (AvgIpc) is 4.04. The van der Waals surface area contributed by atoms with E-state index >= 15 is 0 Å². The zero-order valence-corrected chi connectivity index (χ0v) is 32.8. The average molecular weight is 773 g/mol. The molecule has 0 atom stereocenters. The van der Waals surface area contributed by atoms with Gasteiger partial charge in [-0.2, -0.15) is 0 Å². The standard InChI is InChI=1S/C54H32N2S2/c1-5-22-46-39(16-1)40-17-2-6-23-47(40)55(46)37-26-29-51-45(32-37)43-27-28-49-52(54(43)58-51)44-19-3-7-24-48(44)56(49)36-15-10-13-34(31-36)33-12-9-14-35(30-33)38-20-11-21-42-41-18-4-8-25-50(41)57-53(38)42/h1-32H. The molecule has 0 amide bonds. The molecule has 9 aromatic carbocycles. The quantitative estimate of drug-likeness (QED) is 0.169. The summed E-state index contributed by atoms with van der Waals surface area (Å²) in [5, 5.41) is 10.4. The monoisotopic (exact) mass is 772 g/mol. The number of fused-ring (bicyclic) bond motifs is 13. The summed E-state index contributed by atoms with van der Waals surface area (Å²) in [6.07, 6.45) is 0. The van der Waals surface area contributed by atoms with Crippen LogP contribution in [-0.4, -0.2) is 9.13 Å². The number of hydrogen-bond donors (Lipinski definition) is 0. The van der Waals surface area contributed by atoms with Gasteiger partial charge in [0.1, 0.15) is 0 Å². The molecule has 0 aliphatic heterocycles. The van der Waals surface area contributed by atoms with Gasteiger partial charge in [-0.1, -0.05) is 127 Å². The second kappa shape index (κ2) is 12.3. The number of hydrogen-bond acceptors (Lipinski definition) is 2. The Balaban J connectivity index is 0.963. The van der Waals surface area contributed by atoms with E-state index in [-0.39, 0.29) is 0 Å². The highest BCUT2D eigenvalue weighted by Crippen LogP contribution is 2.45. The Bertz CT molecular complexity index is 3760. The molecule has 0 bridgehead atoms. The molecule has 0 aliphatic rings. The Labute approximate surface area is 341 Å². The molecule has 0 spiro atoms. The third-order valence-electron chi connectivity index (χ3n) is 12.1. The summed E-state index contributed by atoms with van der Waals surface area (Å²) >= 11 is 3.79. The number of nitrogens with zero attached hydrogens (tertiary/aromatic N) is 2. The fourth-order valence-electron chi connectivity index (χ4n) is 9.56. The van der Waals surface area contributed by atoms with E-state index in [1.165, 1.54) is 112 Å². The highest BCUT2D eigenvalue weighted by atomic mass is 32.1. The van der Waals surface area contributed by atoms with E-state index in [4.69, 9.17) is 0 Å². The topological polar surface area (TPSA) is 9.86 Å². The molecule has 0 unspecified atom stereocenters. The van der Waals surface area contributed by atoms with Gasteiger partial charge in [-0.15, -0.1) is 22.7 Å². The fourth-order valence-corrected chi connectivity index (χ4v) is 12.0. The molecule has 2 nitrogen and oxygen atoms in total. The number of rotatable bonds is 4. The SMILES string of the molecule is c1cc(-c2cccc(-n3c4ccccc4c4c5sc6ccc(-n7c8ccccc8c8ccccc87)cc6c5ccc43)c2)cc(-c2cccc3c2sc2ccccc23)c1. The molecular weight excluding hydrogens is 741 g/mol. The minimum atomic E-state index is 1.16. The summed E-state index contributed by atoms with van der Waals surface area (Å²) in [5.41, 5.74) is 12.2. The minimum Gasteiger partial charge on any atom is -0.309 e. The van der Waals surface area contributed by atoms with E-state index in [2.05, 4.69) is 203 Å². The third kappa shape index (κ3) is 4.58. The molecule has 0 saturated carbocycles. The van der Waals surface area contributed by atoms with Gasteiger partial charge in [0.05, 0.1) is 22.1 Å². The zero-order valence-electron chi connectivity index (χ0n) is 31.2. The van der Waals surface area contributed by atoms with Crippen molar-refractivity contribution in [3.63, 3.8) is 0 Å². The lowest BCUT2D eigenvalue weighted by molar-refractivity contribution is 1.18. The van der Waals surface area contributed by atoms with Crippen molar-refractivity contribution in [2.75, 3.05) is 0 Å². The van der Waals surface area contributed by atoms with Crippen molar-refractivity contribution in [3.8, 4) is 33.6 Å². The molecule has 0 saturated heterocycles. The summed E-state index contributed by atoms with van der Waals surface area (Å²) in [6.45, 7) is 0. The predicted molar refractivity (Wildman–Crippen MR) is 252 cm³/mol. The lowest BCUT2D eigenvalue weighted by Gasteiger charge is -2.12. The first kappa shape index (κ1) is 32.1. The first-order valence-electron chi connectivity index (χ1n) is 19.8. The second-order valence-corrected chi connectivity index (χ2v) is 17.4. The van der Waals surface area contributed by atoms with Crippen molar-refractivity contribution in [2.24, 2.45) is 0 Å². The minimum absolute atomic E-state index is 1.16. The molecule has 13 rings (SSSR count). The van der Waals surface area contributed by atoms with Gasteiger partial charge in [0.15, 0.2) is 0 Å². The van der Waals surface area contributed by atoms with Crippen molar-refractivity contribution >= 4 is 107 Å². The van der Waals surface area contributed by atoms with Crippen LogP contribution in [0.25, 0.3) is 118 Å². The maximum absolute atomic E-state index is 2.46. The molecular formula is C54H32N2S2. The van der Waals surface area contributed by atoms with Crippen LogP contribution in [0.1, 0.15) is 0 Å². The summed E-state index contributed by atoms with van der Waals surface area (Å²) < 4.78 is 10.2. The molecule has 0 N–H and O–H groups in total. The van der Waals surface area contributed by atoms with Crippen LogP contribution in [0.2, 0.25) is 0 Å². The van der Waals surface area contributed by atoms with Crippen LogP contribution in [-0.2, 0) is 0 Å². The summed E-state index contributed by atoms with van der Waals surface area (Å²) in [4.78, 5) is 0. The number of aromatic nitrogens is 2. The number of benzene rings is 9. The highest BCUT2D eigenvalue weighted by Gasteiger charge is 2.19. The van der Waals surface area contributed by atoms with E-state index in [0.29, 0.717) is 0 Å². The fraction of sp³-hybridized carbons (Fsp3) is 0. The molecule has 270 valence electrons. The molecule has 0 radical (unpaired) electrons. The predicted octanol–water partition coefficient (Wildman–Crippen LogP) is 16.0. The smallest absolute Gasteiger partial charge is 0.0555 e. The van der Waals surface area contributed by atoms with Crippen molar-refractivity contribution < 1.29 is 0 Å². The first-order valence-corrected chi connectivity index (χ1v) is 21.4. The summed E-state index contributed by atoms with van der Waals surface area (Å²) in [6, 6.07) is 71.7. The molecule has 4 heteroatoms. The lowest BCUT2D eigenvalue weighted by atomic mass is 9.97. The number of thiophene rings is 2. The van der Waals surface area contributed by atoms with Gasteiger partial charge >= 0.3 is 0 Å².